The van der Waals surface area contributed by atoms with Crippen molar-refractivity contribution in [2.45, 2.75) is 26.7 Å². The molecule has 0 nitrogen and oxygen atoms in total. The zero-order valence-corrected chi connectivity index (χ0v) is 9.03. The van der Waals surface area contributed by atoms with Crippen molar-refractivity contribution >= 4 is 0 Å². The summed E-state index contributed by atoms with van der Waals surface area (Å²) in [4.78, 5) is 0. The zero-order valence-electron chi connectivity index (χ0n) is 9.03. The molecular weight excluding hydrogens is 168 g/mol. The lowest BCUT2D eigenvalue weighted by molar-refractivity contribution is 0.637. The fourth-order valence-electron chi connectivity index (χ4n) is 2.21. The highest BCUT2D eigenvalue weighted by molar-refractivity contribution is 5.44. The molecule has 2 aliphatic rings. The van der Waals surface area contributed by atoms with Crippen molar-refractivity contribution in [3.63, 3.8) is 0 Å². The predicted octanol–water partition coefficient (Wildman–Crippen LogP) is 4.03. The highest BCUT2D eigenvalue weighted by Gasteiger charge is 2.19. The molecule has 14 heavy (non-hydrogen) atoms. The molecule has 0 aromatic carbocycles. The third-order valence-corrected chi connectivity index (χ3v) is 3.29. The highest BCUT2D eigenvalue weighted by atomic mass is 14.2. The van der Waals surface area contributed by atoms with E-state index in [0.717, 1.165) is 0 Å². The Morgan fingerprint density at radius 3 is 3.00 bits per heavy atom. The van der Waals surface area contributed by atoms with Gasteiger partial charge >= 0.3 is 0 Å². The number of hydrogen-bond donors (Lipinski definition) is 0. The van der Waals surface area contributed by atoms with Crippen LogP contribution in [0, 0.1) is 11.8 Å². The van der Waals surface area contributed by atoms with Crippen LogP contribution in [0.3, 0.4) is 0 Å². The van der Waals surface area contributed by atoms with Gasteiger partial charge < -0.3 is 0 Å². The van der Waals surface area contributed by atoms with Crippen molar-refractivity contribution in [3.05, 3.63) is 47.6 Å². The second kappa shape index (κ2) is 4.00. The van der Waals surface area contributed by atoms with E-state index in [1.165, 1.54) is 12.8 Å². The lowest BCUT2D eigenvalue weighted by atomic mass is 9.80. The summed E-state index contributed by atoms with van der Waals surface area (Å²) in [6, 6.07) is 0. The van der Waals surface area contributed by atoms with Crippen LogP contribution < -0.4 is 0 Å². The Bertz CT molecular complexity index is 326. The van der Waals surface area contributed by atoms with Crippen LogP contribution in [0.4, 0.5) is 0 Å². The summed E-state index contributed by atoms with van der Waals surface area (Å²) in [6.07, 6.45) is 16.0. The molecule has 0 saturated heterocycles. The maximum atomic E-state index is 2.32. The van der Waals surface area contributed by atoms with Gasteiger partial charge in [0.15, 0.2) is 0 Å². The summed E-state index contributed by atoms with van der Waals surface area (Å²) in [5, 5.41) is 0. The third kappa shape index (κ3) is 1.61. The average molecular weight is 186 g/mol. The van der Waals surface area contributed by atoms with Crippen molar-refractivity contribution in [2.75, 3.05) is 0 Å². The highest BCUT2D eigenvalue weighted by Crippen LogP contribution is 2.34. The molecule has 0 fully saturated rings. The quantitative estimate of drug-likeness (QED) is 0.610. The third-order valence-electron chi connectivity index (χ3n) is 3.29. The summed E-state index contributed by atoms with van der Waals surface area (Å²) in [5.41, 5.74) is 3.09. The van der Waals surface area contributed by atoms with Gasteiger partial charge in [0.05, 0.1) is 0 Å². The molecule has 0 amide bonds. The minimum absolute atomic E-state index is 0.647. The summed E-state index contributed by atoms with van der Waals surface area (Å²) >= 11 is 0. The molecule has 0 bridgehead atoms. The second-order valence-electron chi connectivity index (χ2n) is 4.21. The molecule has 0 heteroatoms. The van der Waals surface area contributed by atoms with Gasteiger partial charge in [-0.3, -0.25) is 0 Å². The molecule has 0 spiro atoms. The van der Waals surface area contributed by atoms with Crippen molar-refractivity contribution in [2.24, 2.45) is 11.8 Å². The number of allylic oxidation sites excluding steroid dienone is 8. The Balaban J connectivity index is 2.36. The van der Waals surface area contributed by atoms with Gasteiger partial charge in [-0.05, 0) is 29.9 Å². The van der Waals surface area contributed by atoms with E-state index in [-0.39, 0.29) is 0 Å². The SMILES string of the molecule is CCC(C)C1=C2C=CC=CC2CC=C1. The van der Waals surface area contributed by atoms with Crippen LogP contribution in [0.2, 0.25) is 0 Å². The maximum absolute atomic E-state index is 2.32. The molecule has 0 aromatic rings. The number of hydrogen-bond acceptors (Lipinski definition) is 0. The van der Waals surface area contributed by atoms with Gasteiger partial charge in [0, 0.05) is 5.92 Å². The van der Waals surface area contributed by atoms with E-state index in [1.54, 1.807) is 11.1 Å². The van der Waals surface area contributed by atoms with Crippen molar-refractivity contribution in [1.82, 2.24) is 0 Å². The van der Waals surface area contributed by atoms with Crippen LogP contribution >= 0.6 is 0 Å². The van der Waals surface area contributed by atoms with Gasteiger partial charge in [0.2, 0.25) is 0 Å². The van der Waals surface area contributed by atoms with Gasteiger partial charge in [-0.25, -0.2) is 0 Å². The first kappa shape index (κ1) is 9.51. The summed E-state index contributed by atoms with van der Waals surface area (Å²) in [6.45, 7) is 4.58. The van der Waals surface area contributed by atoms with Crippen LogP contribution in [-0.2, 0) is 0 Å². The molecular formula is C14H18. The molecule has 0 saturated carbocycles. The Labute approximate surface area is 86.7 Å². The Kier molecular flexibility index (Phi) is 2.72. The molecule has 74 valence electrons. The van der Waals surface area contributed by atoms with Gasteiger partial charge in [-0.15, -0.1) is 0 Å². The van der Waals surface area contributed by atoms with E-state index in [1.807, 2.05) is 0 Å². The molecule has 0 N–H and O–H groups in total. The van der Waals surface area contributed by atoms with E-state index in [9.17, 15) is 0 Å². The summed E-state index contributed by atoms with van der Waals surface area (Å²) < 4.78 is 0. The van der Waals surface area contributed by atoms with Gasteiger partial charge in [0.25, 0.3) is 0 Å². The number of rotatable bonds is 2. The zero-order chi connectivity index (χ0) is 9.97. The number of fused-ring (bicyclic) bond motifs is 1. The molecule has 0 aliphatic heterocycles. The van der Waals surface area contributed by atoms with Crippen LogP contribution in [0.1, 0.15) is 26.7 Å². The first-order valence-electron chi connectivity index (χ1n) is 5.58. The first-order valence-corrected chi connectivity index (χ1v) is 5.58. The summed E-state index contributed by atoms with van der Waals surface area (Å²) in [5.74, 6) is 1.34. The second-order valence-corrected chi connectivity index (χ2v) is 4.21. The van der Waals surface area contributed by atoms with E-state index in [2.05, 4.69) is 50.3 Å². The minimum Gasteiger partial charge on any atom is -0.0833 e. The maximum Gasteiger partial charge on any atom is 0.00585 e. The van der Waals surface area contributed by atoms with E-state index in [0.29, 0.717) is 11.8 Å². The van der Waals surface area contributed by atoms with Gasteiger partial charge in [-0.2, -0.15) is 0 Å². The Morgan fingerprint density at radius 2 is 2.21 bits per heavy atom. The van der Waals surface area contributed by atoms with Crippen LogP contribution in [0.25, 0.3) is 0 Å². The predicted molar refractivity (Wildman–Crippen MR) is 62.0 cm³/mol. The van der Waals surface area contributed by atoms with Crippen LogP contribution in [0.5, 0.6) is 0 Å². The van der Waals surface area contributed by atoms with Crippen molar-refractivity contribution in [1.29, 1.82) is 0 Å². The van der Waals surface area contributed by atoms with Gasteiger partial charge in [0.1, 0.15) is 0 Å². The molecule has 0 aromatic heterocycles. The standard InChI is InChI=1S/C14H18/c1-3-11(2)13-10-6-8-12-7-4-5-9-14(12)13/h4-7,9-12H,3,8H2,1-2H3. The molecule has 2 unspecified atom stereocenters. The topological polar surface area (TPSA) is 0 Å². The first-order chi connectivity index (χ1) is 6.83. The molecule has 2 rings (SSSR count). The van der Waals surface area contributed by atoms with Crippen molar-refractivity contribution < 1.29 is 0 Å². The monoisotopic (exact) mass is 186 g/mol. The Hall–Kier alpha value is -1.04. The fourth-order valence-corrected chi connectivity index (χ4v) is 2.21. The summed E-state index contributed by atoms with van der Waals surface area (Å²) in [7, 11) is 0. The average Bonchev–Trinajstić information content (AvgIpc) is 2.27. The van der Waals surface area contributed by atoms with Crippen molar-refractivity contribution in [3.8, 4) is 0 Å². The van der Waals surface area contributed by atoms with E-state index in [4.69, 9.17) is 0 Å². The van der Waals surface area contributed by atoms with Crippen LogP contribution in [-0.4, -0.2) is 0 Å². The van der Waals surface area contributed by atoms with Crippen LogP contribution in [0.15, 0.2) is 47.6 Å². The largest absolute Gasteiger partial charge is 0.0833 e. The normalized spacial score (nSPS) is 26.6. The van der Waals surface area contributed by atoms with Gasteiger partial charge in [-0.1, -0.05) is 50.3 Å². The molecule has 2 aliphatic carbocycles. The Morgan fingerprint density at radius 1 is 1.36 bits per heavy atom. The molecule has 2 atom stereocenters. The van der Waals surface area contributed by atoms with E-state index < -0.39 is 0 Å². The smallest absolute Gasteiger partial charge is 0.00585 e. The van der Waals surface area contributed by atoms with E-state index >= 15 is 0 Å². The lowest BCUT2D eigenvalue weighted by Gasteiger charge is -2.25. The molecule has 0 heterocycles. The lowest BCUT2D eigenvalue weighted by Crippen LogP contribution is -2.11. The minimum atomic E-state index is 0.647. The molecule has 0 radical (unpaired) electrons. The fraction of sp³-hybridized carbons (Fsp3) is 0.429.